The normalized spacial score (nSPS) is 14.2. The van der Waals surface area contributed by atoms with Crippen molar-refractivity contribution in [3.63, 3.8) is 0 Å². The number of amides is 1. The summed E-state index contributed by atoms with van der Waals surface area (Å²) < 4.78 is 0. The molecule has 0 atom stereocenters. The molecule has 1 N–H and O–H groups in total. The molecule has 0 radical (unpaired) electrons. The van der Waals surface area contributed by atoms with Gasteiger partial charge >= 0.3 is 0 Å². The molecule has 12 heavy (non-hydrogen) atoms. The smallest absolute Gasteiger partial charge is 0.228 e. The lowest BCUT2D eigenvalue weighted by atomic mass is 10.2. The van der Waals surface area contributed by atoms with E-state index in [-0.39, 0.29) is 5.91 Å². The minimum absolute atomic E-state index is 0.0264. The highest BCUT2D eigenvalue weighted by molar-refractivity contribution is 6.17. The Morgan fingerprint density at radius 2 is 2.50 bits per heavy atom. The van der Waals surface area contributed by atoms with Gasteiger partial charge in [0.15, 0.2) is 0 Å². The average Bonchev–Trinajstić information content (AvgIpc) is 2.43. The summed E-state index contributed by atoms with van der Waals surface area (Å²) in [7, 11) is 0. The number of nitrogens with zero attached hydrogens (tertiary/aromatic N) is 1. The van der Waals surface area contributed by atoms with E-state index in [0.717, 1.165) is 16.9 Å². The van der Waals surface area contributed by atoms with Gasteiger partial charge in [0.1, 0.15) is 0 Å². The van der Waals surface area contributed by atoms with E-state index in [0.29, 0.717) is 12.3 Å². The van der Waals surface area contributed by atoms with E-state index in [9.17, 15) is 4.79 Å². The van der Waals surface area contributed by atoms with Crippen LogP contribution in [0.2, 0.25) is 0 Å². The first-order chi connectivity index (χ1) is 5.79. The SMILES string of the molecule is O=C1Cc2cnc(CCl)cc2N1. The van der Waals surface area contributed by atoms with Crippen LogP contribution in [0.25, 0.3) is 0 Å². The predicted molar refractivity (Wildman–Crippen MR) is 46.1 cm³/mol. The number of pyridine rings is 1. The van der Waals surface area contributed by atoms with Gasteiger partial charge in [0, 0.05) is 17.4 Å². The van der Waals surface area contributed by atoms with E-state index in [1.807, 2.05) is 6.07 Å². The molecule has 1 aromatic heterocycles. The molecule has 62 valence electrons. The van der Waals surface area contributed by atoms with E-state index in [2.05, 4.69) is 10.3 Å². The van der Waals surface area contributed by atoms with Crippen molar-refractivity contribution in [2.75, 3.05) is 5.32 Å². The van der Waals surface area contributed by atoms with Crippen molar-refractivity contribution in [1.29, 1.82) is 0 Å². The summed E-state index contributed by atoms with van der Waals surface area (Å²) >= 11 is 5.59. The zero-order valence-electron chi connectivity index (χ0n) is 6.30. The molecule has 0 fully saturated rings. The van der Waals surface area contributed by atoms with E-state index in [1.165, 1.54) is 0 Å². The first-order valence-electron chi connectivity index (χ1n) is 3.63. The molecule has 0 unspecified atom stereocenters. The summed E-state index contributed by atoms with van der Waals surface area (Å²) in [5.74, 6) is 0.405. The molecular formula is C8H7ClN2O. The Morgan fingerprint density at radius 3 is 3.25 bits per heavy atom. The Morgan fingerprint density at radius 1 is 1.67 bits per heavy atom. The van der Waals surface area contributed by atoms with Crippen LogP contribution >= 0.6 is 11.6 Å². The zero-order chi connectivity index (χ0) is 8.55. The molecule has 0 saturated heterocycles. The second-order valence-electron chi connectivity index (χ2n) is 2.69. The fourth-order valence-corrected chi connectivity index (χ4v) is 1.37. The van der Waals surface area contributed by atoms with Crippen LogP contribution in [0.4, 0.5) is 5.69 Å². The Labute approximate surface area is 74.8 Å². The second-order valence-corrected chi connectivity index (χ2v) is 2.96. The molecule has 0 aromatic carbocycles. The van der Waals surface area contributed by atoms with Crippen LogP contribution in [0.1, 0.15) is 11.3 Å². The van der Waals surface area contributed by atoms with Gasteiger partial charge in [-0.05, 0) is 6.07 Å². The van der Waals surface area contributed by atoms with E-state index < -0.39 is 0 Å². The summed E-state index contributed by atoms with van der Waals surface area (Å²) in [5.41, 5.74) is 2.59. The minimum atomic E-state index is 0.0264. The highest BCUT2D eigenvalue weighted by atomic mass is 35.5. The standard InChI is InChI=1S/C8H7ClN2O/c9-3-6-2-7-5(4-10-6)1-8(12)11-7/h2,4H,1,3H2,(H,11,12). The lowest BCUT2D eigenvalue weighted by Gasteiger charge is -1.98. The van der Waals surface area contributed by atoms with Gasteiger partial charge in [-0.25, -0.2) is 0 Å². The monoisotopic (exact) mass is 182 g/mol. The van der Waals surface area contributed by atoms with Crippen molar-refractivity contribution in [2.24, 2.45) is 0 Å². The van der Waals surface area contributed by atoms with Gasteiger partial charge in [0.25, 0.3) is 0 Å². The van der Waals surface area contributed by atoms with E-state index in [1.54, 1.807) is 6.20 Å². The van der Waals surface area contributed by atoms with Crippen molar-refractivity contribution in [2.45, 2.75) is 12.3 Å². The number of rotatable bonds is 1. The number of carbonyl (C=O) groups is 1. The third kappa shape index (κ3) is 1.16. The average molecular weight is 183 g/mol. The summed E-state index contributed by atoms with van der Waals surface area (Å²) in [5, 5.41) is 2.73. The predicted octanol–water partition coefficient (Wildman–Crippen LogP) is 1.31. The van der Waals surface area contributed by atoms with Crippen molar-refractivity contribution in [1.82, 2.24) is 4.98 Å². The molecule has 1 aliphatic rings. The topological polar surface area (TPSA) is 42.0 Å². The van der Waals surface area contributed by atoms with Crippen molar-refractivity contribution in [3.8, 4) is 0 Å². The summed E-state index contributed by atoms with van der Waals surface area (Å²) in [6.07, 6.45) is 2.13. The molecular weight excluding hydrogens is 176 g/mol. The summed E-state index contributed by atoms with van der Waals surface area (Å²) in [4.78, 5) is 15.0. The van der Waals surface area contributed by atoms with Crippen molar-refractivity contribution < 1.29 is 4.79 Å². The molecule has 4 heteroatoms. The van der Waals surface area contributed by atoms with Crippen molar-refractivity contribution in [3.05, 3.63) is 23.5 Å². The minimum Gasteiger partial charge on any atom is -0.325 e. The Hall–Kier alpha value is -1.09. The van der Waals surface area contributed by atoms with Crippen LogP contribution in [0.5, 0.6) is 0 Å². The number of anilines is 1. The lowest BCUT2D eigenvalue weighted by molar-refractivity contribution is -0.115. The third-order valence-corrected chi connectivity index (χ3v) is 2.08. The molecule has 1 aliphatic heterocycles. The number of alkyl halides is 1. The van der Waals surface area contributed by atoms with Gasteiger partial charge in [-0.2, -0.15) is 0 Å². The molecule has 1 amide bonds. The Balaban J connectivity index is 2.41. The molecule has 0 spiro atoms. The summed E-state index contributed by atoms with van der Waals surface area (Å²) in [6, 6.07) is 1.81. The van der Waals surface area contributed by atoms with E-state index in [4.69, 9.17) is 11.6 Å². The number of hydrogen-bond donors (Lipinski definition) is 1. The van der Waals surface area contributed by atoms with E-state index >= 15 is 0 Å². The maximum atomic E-state index is 10.9. The van der Waals surface area contributed by atoms with Gasteiger partial charge in [-0.3, -0.25) is 9.78 Å². The van der Waals surface area contributed by atoms with Gasteiger partial charge < -0.3 is 5.32 Å². The maximum Gasteiger partial charge on any atom is 0.228 e. The molecule has 2 rings (SSSR count). The fraction of sp³-hybridized carbons (Fsp3) is 0.250. The van der Waals surface area contributed by atoms with Crippen LogP contribution in [-0.4, -0.2) is 10.9 Å². The Bertz CT molecular complexity index is 338. The number of nitrogens with one attached hydrogen (secondary N) is 1. The number of hydrogen-bond acceptors (Lipinski definition) is 2. The van der Waals surface area contributed by atoms with Gasteiger partial charge in [0.2, 0.25) is 5.91 Å². The molecule has 0 bridgehead atoms. The number of aromatic nitrogens is 1. The van der Waals surface area contributed by atoms with Gasteiger partial charge in [-0.1, -0.05) is 0 Å². The van der Waals surface area contributed by atoms with Crippen LogP contribution in [-0.2, 0) is 17.1 Å². The highest BCUT2D eigenvalue weighted by Gasteiger charge is 2.17. The molecule has 1 aromatic rings. The molecule has 0 aliphatic carbocycles. The lowest BCUT2D eigenvalue weighted by Crippen LogP contribution is -2.03. The largest absolute Gasteiger partial charge is 0.325 e. The third-order valence-electron chi connectivity index (χ3n) is 1.81. The van der Waals surface area contributed by atoms with Crippen LogP contribution in [0.15, 0.2) is 12.3 Å². The first kappa shape index (κ1) is 7.55. The zero-order valence-corrected chi connectivity index (χ0v) is 7.06. The molecule has 3 nitrogen and oxygen atoms in total. The van der Waals surface area contributed by atoms with Crippen LogP contribution in [0, 0.1) is 0 Å². The highest BCUT2D eigenvalue weighted by Crippen LogP contribution is 2.22. The van der Waals surface area contributed by atoms with Crippen molar-refractivity contribution >= 4 is 23.2 Å². The molecule has 0 saturated carbocycles. The maximum absolute atomic E-state index is 10.9. The number of halogens is 1. The van der Waals surface area contributed by atoms with Gasteiger partial charge in [-0.15, -0.1) is 11.6 Å². The molecule has 2 heterocycles. The van der Waals surface area contributed by atoms with Crippen LogP contribution < -0.4 is 5.32 Å². The Kier molecular flexibility index (Phi) is 1.73. The van der Waals surface area contributed by atoms with Crippen LogP contribution in [0.3, 0.4) is 0 Å². The second kappa shape index (κ2) is 2.75. The quantitative estimate of drug-likeness (QED) is 0.666. The fourth-order valence-electron chi connectivity index (χ4n) is 1.22. The summed E-state index contributed by atoms with van der Waals surface area (Å²) in [6.45, 7) is 0. The number of fused-ring (bicyclic) bond motifs is 1. The number of carbonyl (C=O) groups excluding carboxylic acids is 1. The first-order valence-corrected chi connectivity index (χ1v) is 4.16. The van der Waals surface area contributed by atoms with Gasteiger partial charge in [0.05, 0.1) is 18.0 Å².